The van der Waals surface area contributed by atoms with Crippen LogP contribution in [-0.4, -0.2) is 31.0 Å². The number of hydrogen-bond acceptors (Lipinski definition) is 6. The van der Waals surface area contributed by atoms with Crippen molar-refractivity contribution in [3.05, 3.63) is 80.5 Å². The van der Waals surface area contributed by atoms with Crippen molar-refractivity contribution >= 4 is 46.1 Å². The summed E-state index contributed by atoms with van der Waals surface area (Å²) in [5, 5.41) is 13.4. The molecule has 1 saturated heterocycles. The van der Waals surface area contributed by atoms with E-state index in [9.17, 15) is 14.7 Å². The molecule has 1 N–H and O–H groups in total. The van der Waals surface area contributed by atoms with Crippen LogP contribution in [0.3, 0.4) is 0 Å². The molecule has 1 fully saturated rings. The summed E-state index contributed by atoms with van der Waals surface area (Å²) in [5.74, 6) is -0.861. The molecular formula is C24H20ClNO5S. The molecule has 2 heterocycles. The van der Waals surface area contributed by atoms with Crippen LogP contribution in [0.2, 0.25) is 5.02 Å². The van der Waals surface area contributed by atoms with Gasteiger partial charge in [-0.15, -0.1) is 11.3 Å². The minimum absolute atomic E-state index is 0.00426. The van der Waals surface area contributed by atoms with Gasteiger partial charge in [-0.1, -0.05) is 23.7 Å². The smallest absolute Gasteiger partial charge is 0.300 e. The van der Waals surface area contributed by atoms with Crippen molar-refractivity contribution in [1.29, 1.82) is 0 Å². The van der Waals surface area contributed by atoms with Gasteiger partial charge in [0.1, 0.15) is 23.3 Å². The first-order chi connectivity index (χ1) is 15.3. The lowest BCUT2D eigenvalue weighted by molar-refractivity contribution is -0.132. The summed E-state index contributed by atoms with van der Waals surface area (Å²) in [7, 11) is 3.01. The molecule has 164 valence electrons. The lowest BCUT2D eigenvalue weighted by Gasteiger charge is -2.25. The van der Waals surface area contributed by atoms with E-state index in [2.05, 4.69) is 0 Å². The van der Waals surface area contributed by atoms with Crippen LogP contribution in [0.15, 0.2) is 59.5 Å². The monoisotopic (exact) mass is 469 g/mol. The van der Waals surface area contributed by atoms with Crippen LogP contribution >= 0.6 is 22.9 Å². The molecule has 1 amide bonds. The molecule has 1 atom stereocenters. The molecule has 1 aliphatic rings. The number of nitrogens with zero attached hydrogens (tertiary/aromatic N) is 1. The Kier molecular flexibility index (Phi) is 5.95. The molecule has 3 aromatic rings. The molecule has 2 aromatic carbocycles. The highest BCUT2D eigenvalue weighted by molar-refractivity contribution is 7.10. The van der Waals surface area contributed by atoms with Crippen molar-refractivity contribution in [1.82, 2.24) is 0 Å². The third-order valence-electron chi connectivity index (χ3n) is 5.31. The van der Waals surface area contributed by atoms with E-state index in [-0.39, 0.29) is 11.3 Å². The topological polar surface area (TPSA) is 76.1 Å². The fourth-order valence-corrected chi connectivity index (χ4v) is 4.95. The van der Waals surface area contributed by atoms with E-state index in [1.54, 1.807) is 42.5 Å². The van der Waals surface area contributed by atoms with Gasteiger partial charge in [0, 0.05) is 33.7 Å². The van der Waals surface area contributed by atoms with Crippen LogP contribution in [0.25, 0.3) is 5.76 Å². The Morgan fingerprint density at radius 2 is 1.75 bits per heavy atom. The molecule has 0 aliphatic carbocycles. The number of carbonyl (C=O) groups is 2. The second kappa shape index (κ2) is 8.68. The maximum Gasteiger partial charge on any atom is 0.300 e. The number of aliphatic hydroxyl groups is 1. The summed E-state index contributed by atoms with van der Waals surface area (Å²) in [6, 6.07) is 12.6. The van der Waals surface area contributed by atoms with Gasteiger partial charge in [-0.3, -0.25) is 14.5 Å². The molecule has 1 aliphatic heterocycles. The lowest BCUT2D eigenvalue weighted by atomic mass is 9.98. The Morgan fingerprint density at radius 3 is 2.31 bits per heavy atom. The van der Waals surface area contributed by atoms with E-state index in [0.29, 0.717) is 27.8 Å². The number of rotatable bonds is 5. The number of aryl methyl sites for hydroxylation is 1. The normalized spacial score (nSPS) is 17.6. The number of carbonyl (C=O) groups excluding carboxylic acids is 2. The van der Waals surface area contributed by atoms with Gasteiger partial charge >= 0.3 is 0 Å². The van der Waals surface area contributed by atoms with Gasteiger partial charge in [-0.05, 0) is 36.1 Å². The van der Waals surface area contributed by atoms with Gasteiger partial charge in [0.2, 0.25) is 0 Å². The molecule has 8 heteroatoms. The second-order valence-corrected chi connectivity index (χ2v) is 8.60. The van der Waals surface area contributed by atoms with Crippen molar-refractivity contribution in [2.75, 3.05) is 19.1 Å². The van der Waals surface area contributed by atoms with Crippen molar-refractivity contribution in [3.8, 4) is 11.5 Å². The maximum atomic E-state index is 13.3. The molecule has 32 heavy (non-hydrogen) atoms. The predicted molar refractivity (Wildman–Crippen MR) is 125 cm³/mol. The number of thiophene rings is 1. The van der Waals surface area contributed by atoms with Crippen LogP contribution in [0.1, 0.15) is 22.0 Å². The van der Waals surface area contributed by atoms with Crippen molar-refractivity contribution in [2.24, 2.45) is 0 Å². The van der Waals surface area contributed by atoms with Gasteiger partial charge < -0.3 is 14.6 Å². The Bertz CT molecular complexity index is 1230. The highest BCUT2D eigenvalue weighted by Crippen LogP contribution is 2.46. The standard InChI is InChI=1S/C24H20ClNO5S/c1-13-7-8-32-23(13)20-19(21(27)14-5-4-6-15(25)9-14)22(28)24(29)26(20)16-10-17(30-2)12-18(11-16)31-3/h4-12,20,27H,1-3H3/b21-19-. The maximum absolute atomic E-state index is 13.3. The summed E-state index contributed by atoms with van der Waals surface area (Å²) in [6.07, 6.45) is 0. The van der Waals surface area contributed by atoms with Crippen LogP contribution < -0.4 is 14.4 Å². The number of aliphatic hydroxyl groups excluding tert-OH is 1. The molecule has 6 nitrogen and oxygen atoms in total. The second-order valence-electron chi connectivity index (χ2n) is 7.22. The van der Waals surface area contributed by atoms with E-state index in [1.165, 1.54) is 30.5 Å². The fourth-order valence-electron chi connectivity index (χ4n) is 3.73. The summed E-state index contributed by atoms with van der Waals surface area (Å²) in [6.45, 7) is 1.90. The summed E-state index contributed by atoms with van der Waals surface area (Å²) in [5.41, 5.74) is 1.69. The number of anilines is 1. The Balaban J connectivity index is 1.97. The van der Waals surface area contributed by atoms with Gasteiger partial charge in [-0.25, -0.2) is 0 Å². The van der Waals surface area contributed by atoms with Crippen molar-refractivity contribution < 1.29 is 24.2 Å². The summed E-state index contributed by atoms with van der Waals surface area (Å²) >= 11 is 7.50. The van der Waals surface area contributed by atoms with E-state index < -0.39 is 17.7 Å². The van der Waals surface area contributed by atoms with Gasteiger partial charge in [0.05, 0.1) is 25.5 Å². The molecule has 1 aromatic heterocycles. The lowest BCUT2D eigenvalue weighted by Crippen LogP contribution is -2.29. The fraction of sp³-hybridized carbons (Fsp3) is 0.167. The molecule has 0 spiro atoms. The zero-order chi connectivity index (χ0) is 23.0. The molecule has 4 rings (SSSR count). The minimum Gasteiger partial charge on any atom is -0.507 e. The van der Waals surface area contributed by atoms with Crippen molar-refractivity contribution in [3.63, 3.8) is 0 Å². The SMILES string of the molecule is COc1cc(OC)cc(N2C(=O)C(=O)/C(=C(\O)c3cccc(Cl)c3)C2c2sccc2C)c1. The number of amides is 1. The highest BCUT2D eigenvalue weighted by atomic mass is 35.5. The van der Waals surface area contributed by atoms with Gasteiger partial charge in [-0.2, -0.15) is 0 Å². The van der Waals surface area contributed by atoms with Crippen LogP contribution in [-0.2, 0) is 9.59 Å². The predicted octanol–water partition coefficient (Wildman–Crippen LogP) is 5.35. The third kappa shape index (κ3) is 3.74. The quantitative estimate of drug-likeness (QED) is 0.309. The van der Waals surface area contributed by atoms with E-state index in [1.807, 2.05) is 18.4 Å². The molecule has 0 bridgehead atoms. The number of hydrogen-bond donors (Lipinski definition) is 1. The first kappa shape index (κ1) is 21.9. The van der Waals surface area contributed by atoms with Crippen LogP contribution in [0.4, 0.5) is 5.69 Å². The molecule has 0 saturated carbocycles. The number of ketones is 1. The molecular weight excluding hydrogens is 450 g/mol. The van der Waals surface area contributed by atoms with Crippen LogP contribution in [0.5, 0.6) is 11.5 Å². The molecule has 0 radical (unpaired) electrons. The summed E-state index contributed by atoms with van der Waals surface area (Å²) in [4.78, 5) is 28.6. The summed E-state index contributed by atoms with van der Waals surface area (Å²) < 4.78 is 10.7. The number of Topliss-reactive ketones (excluding diaryl/α,β-unsaturated/α-hetero) is 1. The largest absolute Gasteiger partial charge is 0.507 e. The number of halogens is 1. The number of ether oxygens (including phenoxy) is 2. The molecule has 1 unspecified atom stereocenters. The average Bonchev–Trinajstić information content (AvgIpc) is 3.33. The van der Waals surface area contributed by atoms with Gasteiger partial charge in [0.25, 0.3) is 11.7 Å². The Labute approximate surface area is 194 Å². The third-order valence-corrected chi connectivity index (χ3v) is 6.61. The highest BCUT2D eigenvalue weighted by Gasteiger charge is 2.48. The first-order valence-corrected chi connectivity index (χ1v) is 11.0. The van der Waals surface area contributed by atoms with Crippen molar-refractivity contribution in [2.45, 2.75) is 13.0 Å². The van der Waals surface area contributed by atoms with Gasteiger partial charge in [0.15, 0.2) is 0 Å². The van der Waals surface area contributed by atoms with E-state index in [4.69, 9.17) is 21.1 Å². The first-order valence-electron chi connectivity index (χ1n) is 9.69. The van der Waals surface area contributed by atoms with E-state index >= 15 is 0 Å². The Morgan fingerprint density at radius 1 is 1.06 bits per heavy atom. The number of benzene rings is 2. The number of methoxy groups -OCH3 is 2. The minimum atomic E-state index is -0.814. The Hall–Kier alpha value is -3.29. The zero-order valence-corrected chi connectivity index (χ0v) is 19.2. The average molecular weight is 470 g/mol. The zero-order valence-electron chi connectivity index (χ0n) is 17.6. The van der Waals surface area contributed by atoms with E-state index in [0.717, 1.165) is 10.4 Å². The van der Waals surface area contributed by atoms with Crippen LogP contribution in [0, 0.1) is 6.92 Å².